The summed E-state index contributed by atoms with van der Waals surface area (Å²) >= 11 is 5.78. The molecule has 0 saturated carbocycles. The van der Waals surface area contributed by atoms with Crippen molar-refractivity contribution in [3.05, 3.63) is 184 Å². The van der Waals surface area contributed by atoms with Crippen molar-refractivity contribution >= 4 is 46.9 Å². The molecular weight excluding hydrogens is 1070 g/mol. The first-order valence-corrected chi connectivity index (χ1v) is 21.6. The molecule has 2 aromatic heterocycles. The van der Waals surface area contributed by atoms with Crippen LogP contribution in [0.1, 0.15) is 41.3 Å². The number of barbiturate groups is 1. The number of alkyl halides is 12. The summed E-state index contributed by atoms with van der Waals surface area (Å²) in [5, 5.41) is 4.24. The van der Waals surface area contributed by atoms with E-state index in [1.165, 1.54) is 63.6 Å². The second kappa shape index (κ2) is 23.8. The fourth-order valence-electron chi connectivity index (χ4n) is 6.42. The molecule has 0 unspecified atom stereocenters. The van der Waals surface area contributed by atoms with E-state index in [-0.39, 0.29) is 27.9 Å². The zero-order chi connectivity index (χ0) is 57.4. The molecule has 0 spiro atoms. The lowest BCUT2D eigenvalue weighted by Crippen LogP contribution is -2.53. The molecule has 0 atom stereocenters. The molecule has 1 aliphatic heterocycles. The van der Waals surface area contributed by atoms with E-state index in [0.717, 1.165) is 86.0 Å². The third kappa shape index (κ3) is 14.9. The average Bonchev–Trinajstić information content (AvgIpc) is 3.34. The van der Waals surface area contributed by atoms with Gasteiger partial charge >= 0.3 is 48.1 Å². The van der Waals surface area contributed by atoms with Crippen molar-refractivity contribution in [2.24, 2.45) is 14.1 Å². The number of hydrogen-bond acceptors (Lipinski definition) is 8. The number of benzene rings is 4. The van der Waals surface area contributed by atoms with E-state index >= 15 is 0 Å². The van der Waals surface area contributed by atoms with Gasteiger partial charge < -0.3 is 10.6 Å². The fraction of sp³-hybridized carbons (Fsp3) is 0.234. The van der Waals surface area contributed by atoms with Crippen LogP contribution in [0, 0.1) is 0 Å². The van der Waals surface area contributed by atoms with Crippen molar-refractivity contribution in [2.75, 3.05) is 24.3 Å². The number of anilines is 2. The van der Waals surface area contributed by atoms with E-state index in [1.807, 2.05) is 0 Å². The van der Waals surface area contributed by atoms with Crippen LogP contribution >= 0.6 is 11.6 Å². The van der Waals surface area contributed by atoms with Gasteiger partial charge in [-0.05, 0) is 79.2 Å². The number of nitrogens with one attached hydrogen (secondary N) is 2. The topological polar surface area (TPSA) is 187 Å². The summed E-state index contributed by atoms with van der Waals surface area (Å²) in [6.07, 6.45) is -18.2. The van der Waals surface area contributed by atoms with Crippen LogP contribution in [-0.4, -0.2) is 61.1 Å². The summed E-state index contributed by atoms with van der Waals surface area (Å²) in [4.78, 5) is 94.0. The maximum atomic E-state index is 12.8. The summed E-state index contributed by atoms with van der Waals surface area (Å²) in [5.41, 5.74) is -5.86. The van der Waals surface area contributed by atoms with Crippen molar-refractivity contribution in [3.63, 3.8) is 0 Å². The Kier molecular flexibility index (Phi) is 18.9. The highest BCUT2D eigenvalue weighted by Crippen LogP contribution is 2.34. The minimum atomic E-state index is -4.58. The third-order valence-corrected chi connectivity index (χ3v) is 10.7. The number of aryl methyl sites for hydroxylation is 1. The lowest BCUT2D eigenvalue weighted by Gasteiger charge is -2.30. The number of aromatic nitrogens is 4. The number of amides is 6. The van der Waals surface area contributed by atoms with Crippen LogP contribution in [0.4, 0.5) is 73.6 Å². The van der Waals surface area contributed by atoms with E-state index in [2.05, 4.69) is 10.6 Å². The van der Waals surface area contributed by atoms with Crippen molar-refractivity contribution in [1.29, 1.82) is 0 Å². The number of carbonyl (C=O) groups excluding carboxylic acids is 4. The summed E-state index contributed by atoms with van der Waals surface area (Å²) in [6, 6.07) is 17.5. The molecule has 0 bridgehead atoms. The van der Waals surface area contributed by atoms with Crippen LogP contribution in [0.25, 0.3) is 11.4 Å². The van der Waals surface area contributed by atoms with Gasteiger partial charge in [0, 0.05) is 51.7 Å². The van der Waals surface area contributed by atoms with Gasteiger partial charge in [0.15, 0.2) is 0 Å². The van der Waals surface area contributed by atoms with Crippen molar-refractivity contribution in [3.8, 4) is 11.4 Å². The van der Waals surface area contributed by atoms with Gasteiger partial charge in [0.2, 0.25) is 11.8 Å². The molecule has 0 radical (unpaired) electrons. The summed E-state index contributed by atoms with van der Waals surface area (Å²) in [6.45, 7) is 1.72. The third-order valence-electron chi connectivity index (χ3n) is 10.4. The second-order valence-corrected chi connectivity index (χ2v) is 15.9. The Bertz CT molecular complexity index is 3400. The molecule has 1 aliphatic rings. The van der Waals surface area contributed by atoms with Gasteiger partial charge in [-0.25, -0.2) is 24.1 Å². The first kappa shape index (κ1) is 60.1. The molecule has 4 aromatic carbocycles. The Morgan fingerprint density at radius 2 is 0.934 bits per heavy atom. The number of imide groups is 2. The van der Waals surface area contributed by atoms with Gasteiger partial charge in [0.1, 0.15) is 11.6 Å². The lowest BCUT2D eigenvalue weighted by atomic mass is 10.1. The first-order valence-electron chi connectivity index (χ1n) is 21.2. The van der Waals surface area contributed by atoms with Crippen molar-refractivity contribution in [2.45, 2.75) is 44.5 Å². The number of carbonyl (C=O) groups is 4. The highest BCUT2D eigenvalue weighted by atomic mass is 35.5. The molecule has 1 fully saturated rings. The smallest absolute Gasteiger partial charge is 0.341 e. The van der Waals surface area contributed by atoms with Gasteiger partial charge in [0.05, 0.1) is 39.3 Å². The zero-order valence-corrected chi connectivity index (χ0v) is 40.4. The first-order chi connectivity index (χ1) is 35.1. The normalized spacial score (nSPS) is 12.9. The standard InChI is InChI=1S/C14H13F3N2O2.C12H8ClF3N2O2.C12H9F3N2O3.C9H9F3N2O/c1-3-10-8-12(20)18(2)13(21)19(10)11-6-4-5-9(7-11)14(15,16)17;1-17-10(19)6-9(13)18(11(17)20)8-4-2-3-7(5-8)12(14,15)16;1-16-9(18)6-10(19)17(11(16)20)8-4-2-3-7(5-8)12(13,14)15;1-13-8(15)14-7-4-2-3-6(5-7)9(10,11)12/h4-8H,3H2,1-2H3;2-6H,1H3;2-5H,6H2,1H3;2-5H,1H3,(H2,13,14,15). The molecular formula is C47H39ClF12N8O8. The zero-order valence-electron chi connectivity index (χ0n) is 39.7. The van der Waals surface area contributed by atoms with Gasteiger partial charge in [0.25, 0.3) is 11.1 Å². The molecule has 6 amide bonds. The van der Waals surface area contributed by atoms with E-state index in [9.17, 15) is 91.0 Å². The van der Waals surface area contributed by atoms with Crippen LogP contribution in [0.15, 0.2) is 128 Å². The van der Waals surface area contributed by atoms with Gasteiger partial charge in [-0.2, -0.15) is 52.7 Å². The Morgan fingerprint density at radius 3 is 1.38 bits per heavy atom. The number of rotatable bonds is 5. The van der Waals surface area contributed by atoms with E-state index in [0.29, 0.717) is 28.0 Å². The molecule has 16 nitrogen and oxygen atoms in total. The Labute approximate surface area is 424 Å². The van der Waals surface area contributed by atoms with E-state index in [4.69, 9.17) is 11.6 Å². The molecule has 29 heteroatoms. The molecule has 2 N–H and O–H groups in total. The maximum Gasteiger partial charge on any atom is 0.416 e. The number of nitrogens with zero attached hydrogens (tertiary/aromatic N) is 6. The monoisotopic (exact) mass is 1110 g/mol. The van der Waals surface area contributed by atoms with Crippen LogP contribution < -0.4 is 38.0 Å². The maximum absolute atomic E-state index is 12.8. The predicted octanol–water partition coefficient (Wildman–Crippen LogP) is 8.80. The Balaban J connectivity index is 0.000000221. The molecule has 7 rings (SSSR count). The van der Waals surface area contributed by atoms with E-state index < -0.39 is 99.8 Å². The molecule has 76 heavy (non-hydrogen) atoms. The summed E-state index contributed by atoms with van der Waals surface area (Å²) in [5.74, 6) is -1.54. The predicted molar refractivity (Wildman–Crippen MR) is 250 cm³/mol. The van der Waals surface area contributed by atoms with Gasteiger partial charge in [-0.1, -0.05) is 42.8 Å². The van der Waals surface area contributed by atoms with Crippen molar-refractivity contribution in [1.82, 2.24) is 28.5 Å². The lowest BCUT2D eigenvalue weighted by molar-refractivity contribution is -0.138. The SMILES string of the molecule is CCc1cc(=O)n(C)c(=O)n1-c1cccc(C(F)(F)F)c1.CN1C(=O)CC(=O)N(c2cccc(C(F)(F)F)c2)C1=O.CNC(=O)Nc1cccc(C(F)(F)F)c1.Cn1c(=O)cc(Cl)n(-c2cccc(C(F)(F)F)c2)c1=O. The summed E-state index contributed by atoms with van der Waals surface area (Å²) in [7, 11) is 5.04. The fourth-order valence-corrected chi connectivity index (χ4v) is 6.68. The highest BCUT2D eigenvalue weighted by molar-refractivity contribution is 6.29. The number of halogens is 13. The molecule has 3 heterocycles. The van der Waals surface area contributed by atoms with Crippen molar-refractivity contribution < 1.29 is 71.9 Å². The van der Waals surface area contributed by atoms with Crippen LogP contribution in [0.3, 0.4) is 0 Å². The largest absolute Gasteiger partial charge is 0.416 e. The van der Waals surface area contributed by atoms with Crippen LogP contribution in [-0.2, 0) is 54.8 Å². The molecule has 6 aromatic rings. The Hall–Kier alpha value is -8.43. The minimum absolute atomic E-state index is 0.0644. The summed E-state index contributed by atoms with van der Waals surface area (Å²) < 4.78 is 154. The quantitative estimate of drug-likeness (QED) is 0.0974. The molecule has 406 valence electrons. The second-order valence-electron chi connectivity index (χ2n) is 15.6. The average molecular weight is 1110 g/mol. The van der Waals surface area contributed by atoms with Crippen LogP contribution in [0.5, 0.6) is 0 Å². The molecule has 1 saturated heterocycles. The Morgan fingerprint density at radius 1 is 0.539 bits per heavy atom. The minimum Gasteiger partial charge on any atom is -0.341 e. The van der Waals surface area contributed by atoms with E-state index in [1.54, 1.807) is 6.92 Å². The molecule has 0 aliphatic carbocycles. The number of hydrogen-bond donors (Lipinski definition) is 2. The van der Waals surface area contributed by atoms with Gasteiger partial charge in [-0.3, -0.25) is 42.3 Å². The van der Waals surface area contributed by atoms with Gasteiger partial charge in [-0.15, -0.1) is 0 Å². The number of urea groups is 2. The van der Waals surface area contributed by atoms with Crippen LogP contribution in [0.2, 0.25) is 5.15 Å². The highest BCUT2D eigenvalue weighted by Gasteiger charge is 2.39.